The normalized spacial score (nSPS) is 13.5. The third-order valence-corrected chi connectivity index (χ3v) is 3.29. The van der Waals surface area contributed by atoms with Crippen molar-refractivity contribution in [3.63, 3.8) is 0 Å². The summed E-state index contributed by atoms with van der Waals surface area (Å²) in [6, 6.07) is 7.58. The molecule has 5 nitrogen and oxygen atoms in total. The molecule has 0 fully saturated rings. The lowest BCUT2D eigenvalue weighted by molar-refractivity contribution is 0.102. The number of anilines is 2. The Labute approximate surface area is 111 Å². The van der Waals surface area contributed by atoms with Gasteiger partial charge in [-0.2, -0.15) is 5.10 Å². The molecule has 5 heteroatoms. The molecule has 0 saturated heterocycles. The van der Waals surface area contributed by atoms with E-state index >= 15 is 0 Å². The summed E-state index contributed by atoms with van der Waals surface area (Å²) in [4.78, 5) is 12.3. The molecule has 0 aliphatic carbocycles. The summed E-state index contributed by atoms with van der Waals surface area (Å²) in [6.07, 6.45) is 3.80. The van der Waals surface area contributed by atoms with Crippen molar-refractivity contribution in [3.05, 3.63) is 41.6 Å². The van der Waals surface area contributed by atoms with Gasteiger partial charge >= 0.3 is 0 Å². The first-order chi connectivity index (χ1) is 9.24. The van der Waals surface area contributed by atoms with E-state index in [4.69, 9.17) is 0 Å². The number of aromatic nitrogens is 2. The first kappa shape index (κ1) is 11.8. The van der Waals surface area contributed by atoms with Crippen molar-refractivity contribution < 1.29 is 4.79 Å². The molecule has 3 rings (SSSR count). The second kappa shape index (κ2) is 4.76. The van der Waals surface area contributed by atoms with Crippen molar-refractivity contribution in [2.75, 3.05) is 17.2 Å². The zero-order valence-electron chi connectivity index (χ0n) is 10.8. The van der Waals surface area contributed by atoms with Gasteiger partial charge in [-0.3, -0.25) is 9.48 Å². The number of carbonyl (C=O) groups is 1. The number of fused-ring (bicyclic) bond motifs is 1. The lowest BCUT2D eigenvalue weighted by Gasteiger charge is -2.20. The largest absolute Gasteiger partial charge is 0.385 e. The number of carbonyl (C=O) groups excluding carboxylic acids is 1. The summed E-state index contributed by atoms with van der Waals surface area (Å²) < 4.78 is 1.66. The molecular weight excluding hydrogens is 240 g/mol. The first-order valence-electron chi connectivity index (χ1n) is 6.41. The van der Waals surface area contributed by atoms with Gasteiger partial charge < -0.3 is 10.6 Å². The summed E-state index contributed by atoms with van der Waals surface area (Å²) >= 11 is 0. The maximum atomic E-state index is 12.3. The summed E-state index contributed by atoms with van der Waals surface area (Å²) in [7, 11) is 1.82. The summed E-state index contributed by atoms with van der Waals surface area (Å²) in [5, 5.41) is 10.3. The van der Waals surface area contributed by atoms with Crippen LogP contribution in [0, 0.1) is 0 Å². The topological polar surface area (TPSA) is 59.0 Å². The molecule has 1 aliphatic rings. The molecule has 1 aromatic carbocycles. The molecule has 2 aromatic rings. The lowest BCUT2D eigenvalue weighted by Crippen LogP contribution is -2.19. The summed E-state index contributed by atoms with van der Waals surface area (Å²) in [6.45, 7) is 0.971. The average molecular weight is 256 g/mol. The highest BCUT2D eigenvalue weighted by Gasteiger charge is 2.17. The van der Waals surface area contributed by atoms with E-state index < -0.39 is 0 Å². The van der Waals surface area contributed by atoms with E-state index in [2.05, 4.69) is 15.7 Å². The van der Waals surface area contributed by atoms with Gasteiger partial charge in [-0.1, -0.05) is 6.07 Å². The van der Waals surface area contributed by atoms with E-state index in [0.717, 1.165) is 36.2 Å². The van der Waals surface area contributed by atoms with Crippen molar-refractivity contribution >= 4 is 17.4 Å². The fraction of sp³-hybridized carbons (Fsp3) is 0.286. The van der Waals surface area contributed by atoms with Gasteiger partial charge in [0.15, 0.2) is 5.82 Å². The van der Waals surface area contributed by atoms with E-state index in [1.807, 2.05) is 25.2 Å². The fourth-order valence-corrected chi connectivity index (χ4v) is 2.39. The van der Waals surface area contributed by atoms with Crippen LogP contribution in [-0.4, -0.2) is 22.2 Å². The number of amides is 1. The Morgan fingerprint density at radius 2 is 2.32 bits per heavy atom. The highest BCUT2D eigenvalue weighted by molar-refractivity contribution is 6.05. The molecule has 19 heavy (non-hydrogen) atoms. The molecule has 1 aliphatic heterocycles. The molecule has 1 amide bonds. The van der Waals surface area contributed by atoms with Crippen molar-refractivity contribution in [1.29, 1.82) is 0 Å². The van der Waals surface area contributed by atoms with Crippen LogP contribution in [-0.2, 0) is 13.5 Å². The minimum atomic E-state index is -0.0979. The standard InChI is InChI=1S/C14H16N4O/c1-18-9-7-13(17-18)16-14(19)11-4-2-6-12-10(11)5-3-8-15-12/h2,4,6-7,9,15H,3,5,8H2,1H3,(H,16,17,19). The van der Waals surface area contributed by atoms with Gasteiger partial charge in [0.25, 0.3) is 5.91 Å². The van der Waals surface area contributed by atoms with E-state index in [1.165, 1.54) is 0 Å². The number of nitrogens with zero attached hydrogens (tertiary/aromatic N) is 2. The zero-order valence-corrected chi connectivity index (χ0v) is 10.8. The smallest absolute Gasteiger partial charge is 0.257 e. The highest BCUT2D eigenvalue weighted by Crippen LogP contribution is 2.25. The van der Waals surface area contributed by atoms with Crippen LogP contribution >= 0.6 is 0 Å². The van der Waals surface area contributed by atoms with Crippen molar-refractivity contribution in [2.45, 2.75) is 12.8 Å². The maximum absolute atomic E-state index is 12.3. The Kier molecular flexibility index (Phi) is 2.95. The summed E-state index contributed by atoms with van der Waals surface area (Å²) in [5.74, 6) is 0.480. The van der Waals surface area contributed by atoms with Gasteiger partial charge in [0.2, 0.25) is 0 Å². The summed E-state index contributed by atoms with van der Waals surface area (Å²) in [5.41, 5.74) is 2.90. The van der Waals surface area contributed by atoms with Crippen molar-refractivity contribution in [3.8, 4) is 0 Å². The monoisotopic (exact) mass is 256 g/mol. The fourth-order valence-electron chi connectivity index (χ4n) is 2.39. The van der Waals surface area contributed by atoms with Crippen LogP contribution in [0.2, 0.25) is 0 Å². The van der Waals surface area contributed by atoms with Crippen LogP contribution in [0.15, 0.2) is 30.5 Å². The van der Waals surface area contributed by atoms with Gasteiger partial charge in [-0.05, 0) is 30.5 Å². The number of hydrogen-bond donors (Lipinski definition) is 2. The van der Waals surface area contributed by atoms with E-state index in [9.17, 15) is 4.79 Å². The predicted molar refractivity (Wildman–Crippen MR) is 74.4 cm³/mol. The number of aryl methyl sites for hydroxylation is 1. The van der Waals surface area contributed by atoms with E-state index in [0.29, 0.717) is 5.82 Å². The molecule has 0 atom stereocenters. The molecule has 0 bridgehead atoms. The highest BCUT2D eigenvalue weighted by atomic mass is 16.1. The van der Waals surface area contributed by atoms with Crippen LogP contribution < -0.4 is 10.6 Å². The van der Waals surface area contributed by atoms with Crippen molar-refractivity contribution in [2.24, 2.45) is 7.05 Å². The Hall–Kier alpha value is -2.30. The molecule has 0 spiro atoms. The van der Waals surface area contributed by atoms with Crippen LogP contribution in [0.4, 0.5) is 11.5 Å². The van der Waals surface area contributed by atoms with Crippen LogP contribution in [0.5, 0.6) is 0 Å². The molecular formula is C14H16N4O. The molecule has 2 N–H and O–H groups in total. The molecule has 98 valence electrons. The third-order valence-electron chi connectivity index (χ3n) is 3.29. The van der Waals surface area contributed by atoms with Crippen LogP contribution in [0.25, 0.3) is 0 Å². The lowest BCUT2D eigenvalue weighted by atomic mass is 9.97. The predicted octanol–water partition coefficient (Wildman–Crippen LogP) is 2.03. The van der Waals surface area contributed by atoms with Crippen LogP contribution in [0.1, 0.15) is 22.3 Å². The van der Waals surface area contributed by atoms with Crippen LogP contribution in [0.3, 0.4) is 0 Å². The first-order valence-corrected chi connectivity index (χ1v) is 6.41. The second-order valence-electron chi connectivity index (χ2n) is 4.69. The minimum Gasteiger partial charge on any atom is -0.385 e. The zero-order chi connectivity index (χ0) is 13.2. The van der Waals surface area contributed by atoms with Gasteiger partial charge in [0.05, 0.1) is 0 Å². The van der Waals surface area contributed by atoms with Gasteiger partial charge in [-0.25, -0.2) is 0 Å². The number of benzene rings is 1. The Morgan fingerprint density at radius 1 is 1.42 bits per heavy atom. The number of rotatable bonds is 2. The van der Waals surface area contributed by atoms with E-state index in [1.54, 1.807) is 16.9 Å². The quantitative estimate of drug-likeness (QED) is 0.864. The Morgan fingerprint density at radius 3 is 3.11 bits per heavy atom. The third kappa shape index (κ3) is 2.31. The molecule has 0 radical (unpaired) electrons. The minimum absolute atomic E-state index is 0.0979. The van der Waals surface area contributed by atoms with Gasteiger partial charge in [0.1, 0.15) is 0 Å². The Bertz CT molecular complexity index is 618. The van der Waals surface area contributed by atoms with Gasteiger partial charge in [0, 0.05) is 37.1 Å². The number of nitrogens with one attached hydrogen (secondary N) is 2. The van der Waals surface area contributed by atoms with Gasteiger partial charge in [-0.15, -0.1) is 0 Å². The second-order valence-corrected chi connectivity index (χ2v) is 4.69. The maximum Gasteiger partial charge on any atom is 0.257 e. The molecule has 2 heterocycles. The van der Waals surface area contributed by atoms with Crippen molar-refractivity contribution in [1.82, 2.24) is 9.78 Å². The molecule has 1 aromatic heterocycles. The SMILES string of the molecule is Cn1ccc(NC(=O)c2cccc3c2CCCN3)n1. The average Bonchev–Trinajstić information content (AvgIpc) is 2.83. The number of hydrogen-bond acceptors (Lipinski definition) is 3. The molecule has 0 saturated carbocycles. The Balaban J connectivity index is 1.87. The molecule has 0 unspecified atom stereocenters. The van der Waals surface area contributed by atoms with E-state index in [-0.39, 0.29) is 5.91 Å².